The highest BCUT2D eigenvalue weighted by Gasteiger charge is 2.25. The third-order valence-electron chi connectivity index (χ3n) is 3.86. The topological polar surface area (TPSA) is 49.6 Å². The van der Waals surface area contributed by atoms with Gasteiger partial charge in [-0.2, -0.15) is 0 Å². The van der Waals surface area contributed by atoms with Gasteiger partial charge in [-0.05, 0) is 23.8 Å². The number of carbonyl (C=O) groups is 1. The summed E-state index contributed by atoms with van der Waals surface area (Å²) in [4.78, 5) is 18.1. The number of nitrogens with two attached hydrogens (primary N) is 1. The van der Waals surface area contributed by atoms with Crippen LogP contribution >= 0.6 is 11.3 Å². The first-order valence-corrected chi connectivity index (χ1v) is 8.25. The molecule has 1 aromatic rings. The van der Waals surface area contributed by atoms with E-state index in [1.807, 2.05) is 18.7 Å². The van der Waals surface area contributed by atoms with Gasteiger partial charge in [-0.25, -0.2) is 0 Å². The zero-order valence-electron chi connectivity index (χ0n) is 12.4. The Hall–Kier alpha value is -0.910. The van der Waals surface area contributed by atoms with Crippen molar-refractivity contribution in [3.8, 4) is 0 Å². The predicted molar refractivity (Wildman–Crippen MR) is 83.6 cm³/mol. The van der Waals surface area contributed by atoms with E-state index in [4.69, 9.17) is 5.73 Å². The van der Waals surface area contributed by atoms with E-state index >= 15 is 0 Å². The van der Waals surface area contributed by atoms with Crippen LogP contribution in [0.15, 0.2) is 17.5 Å². The zero-order valence-corrected chi connectivity index (χ0v) is 13.2. The van der Waals surface area contributed by atoms with Crippen molar-refractivity contribution in [1.82, 2.24) is 9.80 Å². The third-order valence-corrected chi connectivity index (χ3v) is 4.72. The van der Waals surface area contributed by atoms with E-state index in [9.17, 15) is 4.79 Å². The summed E-state index contributed by atoms with van der Waals surface area (Å²) >= 11 is 1.80. The molecule has 0 saturated carbocycles. The van der Waals surface area contributed by atoms with Crippen molar-refractivity contribution in [2.75, 3.05) is 26.2 Å². The van der Waals surface area contributed by atoms with E-state index < -0.39 is 0 Å². The van der Waals surface area contributed by atoms with Gasteiger partial charge in [0.2, 0.25) is 5.91 Å². The summed E-state index contributed by atoms with van der Waals surface area (Å²) in [7, 11) is 0. The van der Waals surface area contributed by atoms with Gasteiger partial charge in [0, 0.05) is 37.6 Å². The molecule has 1 aliphatic rings. The van der Waals surface area contributed by atoms with Crippen molar-refractivity contribution >= 4 is 17.2 Å². The number of thiophene rings is 1. The van der Waals surface area contributed by atoms with Crippen LogP contribution in [0, 0.1) is 5.92 Å². The molecule has 4 nitrogen and oxygen atoms in total. The van der Waals surface area contributed by atoms with E-state index in [-0.39, 0.29) is 17.9 Å². The Morgan fingerprint density at radius 1 is 1.35 bits per heavy atom. The quantitative estimate of drug-likeness (QED) is 0.921. The summed E-state index contributed by atoms with van der Waals surface area (Å²) in [5.41, 5.74) is 5.98. The van der Waals surface area contributed by atoms with Gasteiger partial charge in [0.05, 0.1) is 6.04 Å². The maximum absolute atomic E-state index is 12.3. The minimum absolute atomic E-state index is 0.109. The summed E-state index contributed by atoms with van der Waals surface area (Å²) < 4.78 is 0. The molecule has 1 atom stereocenters. The van der Waals surface area contributed by atoms with E-state index in [2.05, 4.69) is 22.4 Å². The van der Waals surface area contributed by atoms with Gasteiger partial charge in [0.15, 0.2) is 0 Å². The molecule has 0 spiro atoms. The molecule has 1 amide bonds. The highest BCUT2D eigenvalue weighted by molar-refractivity contribution is 7.09. The number of amides is 1. The van der Waals surface area contributed by atoms with Gasteiger partial charge in [-0.3, -0.25) is 9.69 Å². The summed E-state index contributed by atoms with van der Waals surface area (Å²) in [6.07, 6.45) is 1.03. The number of nitrogens with zero attached hydrogens (tertiary/aromatic N) is 2. The lowest BCUT2D eigenvalue weighted by molar-refractivity contribution is -0.133. The lowest BCUT2D eigenvalue weighted by Gasteiger charge is -2.26. The standard InChI is InChI=1S/C15H25N3OS/c1-12(2)14(16)15(19)18-7-4-6-17(8-9-18)11-13-5-3-10-20-13/h3,5,10,12,14H,4,6-9,11,16H2,1-2H3. The second-order valence-electron chi connectivity index (χ2n) is 5.80. The first-order valence-electron chi connectivity index (χ1n) is 7.37. The maximum atomic E-state index is 12.3. The summed E-state index contributed by atoms with van der Waals surface area (Å²) in [5, 5.41) is 2.12. The fraction of sp³-hybridized carbons (Fsp3) is 0.667. The van der Waals surface area contributed by atoms with Gasteiger partial charge in [0.25, 0.3) is 0 Å². The minimum Gasteiger partial charge on any atom is -0.340 e. The Balaban J connectivity index is 1.87. The Labute approximate surface area is 125 Å². The van der Waals surface area contributed by atoms with E-state index in [0.29, 0.717) is 0 Å². The van der Waals surface area contributed by atoms with Gasteiger partial charge in [-0.1, -0.05) is 19.9 Å². The molecule has 2 rings (SSSR count). The highest BCUT2D eigenvalue weighted by Crippen LogP contribution is 2.14. The zero-order chi connectivity index (χ0) is 14.5. The van der Waals surface area contributed by atoms with Crippen LogP contribution in [0.5, 0.6) is 0 Å². The van der Waals surface area contributed by atoms with Crippen molar-refractivity contribution in [2.24, 2.45) is 11.7 Å². The molecule has 0 aromatic carbocycles. The Bertz CT molecular complexity index is 419. The number of hydrogen-bond donors (Lipinski definition) is 1. The molecular formula is C15H25N3OS. The van der Waals surface area contributed by atoms with Gasteiger partial charge in [0.1, 0.15) is 0 Å². The fourth-order valence-electron chi connectivity index (χ4n) is 2.47. The highest BCUT2D eigenvalue weighted by atomic mass is 32.1. The van der Waals surface area contributed by atoms with E-state index in [1.54, 1.807) is 11.3 Å². The molecule has 0 bridgehead atoms. The number of rotatable bonds is 4. The molecule has 0 aliphatic carbocycles. The molecule has 1 saturated heterocycles. The molecule has 5 heteroatoms. The minimum atomic E-state index is -0.362. The SMILES string of the molecule is CC(C)C(N)C(=O)N1CCCN(Cc2cccs2)CC1. The Kier molecular flexibility index (Phi) is 5.57. The van der Waals surface area contributed by atoms with Crippen LogP contribution in [0.2, 0.25) is 0 Å². The third kappa shape index (κ3) is 4.04. The van der Waals surface area contributed by atoms with Crippen molar-refractivity contribution in [3.63, 3.8) is 0 Å². The monoisotopic (exact) mass is 295 g/mol. The first kappa shape index (κ1) is 15.5. The molecule has 1 aliphatic heterocycles. The van der Waals surface area contributed by atoms with Crippen LogP contribution in [0.4, 0.5) is 0 Å². The lowest BCUT2D eigenvalue weighted by Crippen LogP contribution is -2.47. The second-order valence-corrected chi connectivity index (χ2v) is 6.84. The molecule has 1 unspecified atom stereocenters. The molecule has 20 heavy (non-hydrogen) atoms. The average Bonchev–Trinajstić information content (AvgIpc) is 2.82. The second kappa shape index (κ2) is 7.20. The van der Waals surface area contributed by atoms with Crippen LogP contribution in [0.25, 0.3) is 0 Å². The molecular weight excluding hydrogens is 270 g/mol. The van der Waals surface area contributed by atoms with Crippen molar-refractivity contribution in [1.29, 1.82) is 0 Å². The van der Waals surface area contributed by atoms with Gasteiger partial charge in [-0.15, -0.1) is 11.3 Å². The maximum Gasteiger partial charge on any atom is 0.239 e. The van der Waals surface area contributed by atoms with Crippen molar-refractivity contribution in [2.45, 2.75) is 32.9 Å². The number of carbonyl (C=O) groups excluding carboxylic acids is 1. The molecule has 1 aromatic heterocycles. The van der Waals surface area contributed by atoms with Gasteiger partial charge < -0.3 is 10.6 Å². The fourth-order valence-corrected chi connectivity index (χ4v) is 3.21. The normalized spacial score (nSPS) is 19.1. The summed E-state index contributed by atoms with van der Waals surface area (Å²) in [5.74, 6) is 0.311. The van der Waals surface area contributed by atoms with E-state index in [0.717, 1.165) is 39.1 Å². The number of hydrogen-bond acceptors (Lipinski definition) is 4. The predicted octanol–water partition coefficient (Wildman–Crippen LogP) is 1.77. The molecule has 0 radical (unpaired) electrons. The molecule has 2 N–H and O–H groups in total. The first-order chi connectivity index (χ1) is 9.58. The van der Waals surface area contributed by atoms with Crippen LogP contribution in [0.1, 0.15) is 25.1 Å². The summed E-state index contributed by atoms with van der Waals surface area (Å²) in [6.45, 7) is 8.63. The van der Waals surface area contributed by atoms with Crippen molar-refractivity contribution < 1.29 is 4.79 Å². The van der Waals surface area contributed by atoms with Crippen LogP contribution < -0.4 is 5.73 Å². The lowest BCUT2D eigenvalue weighted by atomic mass is 10.0. The van der Waals surface area contributed by atoms with Crippen LogP contribution in [0.3, 0.4) is 0 Å². The van der Waals surface area contributed by atoms with Crippen LogP contribution in [-0.4, -0.2) is 47.9 Å². The van der Waals surface area contributed by atoms with Gasteiger partial charge >= 0.3 is 0 Å². The molecule has 1 fully saturated rings. The summed E-state index contributed by atoms with van der Waals surface area (Å²) in [6, 6.07) is 3.90. The Morgan fingerprint density at radius 3 is 2.80 bits per heavy atom. The largest absolute Gasteiger partial charge is 0.340 e. The molecule has 2 heterocycles. The Morgan fingerprint density at radius 2 is 2.15 bits per heavy atom. The van der Waals surface area contributed by atoms with Crippen LogP contribution in [-0.2, 0) is 11.3 Å². The molecule has 112 valence electrons. The smallest absolute Gasteiger partial charge is 0.239 e. The average molecular weight is 295 g/mol. The van der Waals surface area contributed by atoms with E-state index in [1.165, 1.54) is 4.88 Å². The van der Waals surface area contributed by atoms with Crippen molar-refractivity contribution in [3.05, 3.63) is 22.4 Å².